The van der Waals surface area contributed by atoms with E-state index in [1.165, 1.54) is 18.2 Å². The van der Waals surface area contributed by atoms with E-state index in [4.69, 9.17) is 14.2 Å². The number of ether oxygens (including phenoxy) is 3. The van der Waals surface area contributed by atoms with E-state index in [0.717, 1.165) is 10.5 Å². The molecule has 4 rings (SSSR count). The Morgan fingerprint density at radius 2 is 1.67 bits per heavy atom. The van der Waals surface area contributed by atoms with Crippen LogP contribution in [0.3, 0.4) is 0 Å². The Balaban J connectivity index is 1.48. The molecule has 46 heavy (non-hydrogen) atoms. The third kappa shape index (κ3) is 8.19. The molecule has 1 N–H and O–H groups in total. The minimum Gasteiger partial charge on any atom is -0.443 e. The molecule has 1 saturated heterocycles. The third-order valence-electron chi connectivity index (χ3n) is 7.00. The van der Waals surface area contributed by atoms with Crippen LogP contribution in [0.25, 0.3) is 0 Å². The number of benzene rings is 2. The first kappa shape index (κ1) is 33.9. The first-order chi connectivity index (χ1) is 21.5. The summed E-state index contributed by atoms with van der Waals surface area (Å²) in [6.07, 6.45) is -3.24. The van der Waals surface area contributed by atoms with Gasteiger partial charge in [-0.15, -0.1) is 0 Å². The second-order valence-corrected chi connectivity index (χ2v) is 13.1. The lowest BCUT2D eigenvalue weighted by Gasteiger charge is -2.32. The Morgan fingerprint density at radius 1 is 1.02 bits per heavy atom. The molecule has 1 atom stereocenters. The maximum absolute atomic E-state index is 13.3. The van der Waals surface area contributed by atoms with Crippen LogP contribution in [0.2, 0.25) is 0 Å². The van der Waals surface area contributed by atoms with Gasteiger partial charge in [0.1, 0.15) is 17.3 Å². The molecule has 13 heteroatoms. The molecule has 0 unspecified atom stereocenters. The van der Waals surface area contributed by atoms with Crippen molar-refractivity contribution in [3.63, 3.8) is 0 Å². The minimum absolute atomic E-state index is 0.0715. The quantitative estimate of drug-likeness (QED) is 0.481. The van der Waals surface area contributed by atoms with Gasteiger partial charge in [0, 0.05) is 37.1 Å². The van der Waals surface area contributed by atoms with Crippen LogP contribution in [0, 0.1) is 11.3 Å². The van der Waals surface area contributed by atoms with E-state index in [1.54, 1.807) is 70.5 Å². The lowest BCUT2D eigenvalue weighted by molar-refractivity contribution is -0.137. The van der Waals surface area contributed by atoms with Crippen molar-refractivity contribution < 1.29 is 38.2 Å². The van der Waals surface area contributed by atoms with Crippen molar-refractivity contribution in [2.45, 2.75) is 78.4 Å². The number of nitriles is 1. The van der Waals surface area contributed by atoms with Crippen LogP contribution in [0.5, 0.6) is 0 Å². The average Bonchev–Trinajstić information content (AvgIpc) is 3.23. The number of rotatable bonds is 6. The van der Waals surface area contributed by atoms with Crippen molar-refractivity contribution in [3.05, 3.63) is 58.7 Å². The topological polar surface area (TPSA) is 159 Å². The second kappa shape index (κ2) is 13.2. The first-order valence-electron chi connectivity index (χ1n) is 14.8. The van der Waals surface area contributed by atoms with Crippen LogP contribution in [0.15, 0.2) is 36.4 Å². The average molecular weight is 634 g/mol. The molecule has 2 aliphatic heterocycles. The molecule has 244 valence electrons. The number of nitrogens with zero attached hydrogens (tertiary/aromatic N) is 4. The molecule has 2 heterocycles. The van der Waals surface area contributed by atoms with Crippen LogP contribution in [0.4, 0.5) is 21.0 Å². The fraction of sp³-hybridized carbons (Fsp3) is 0.455. The molecular weight excluding hydrogens is 594 g/mol. The summed E-state index contributed by atoms with van der Waals surface area (Å²) < 4.78 is 16.5. The number of morpholine rings is 1. The van der Waals surface area contributed by atoms with Gasteiger partial charge in [-0.1, -0.05) is 0 Å². The summed E-state index contributed by atoms with van der Waals surface area (Å²) in [6.45, 7) is 10.5. The van der Waals surface area contributed by atoms with E-state index in [0.29, 0.717) is 24.3 Å². The third-order valence-corrected chi connectivity index (χ3v) is 7.00. The number of carbonyl (C=O) groups excluding carboxylic acids is 5. The van der Waals surface area contributed by atoms with Gasteiger partial charge in [0.25, 0.3) is 11.8 Å². The Labute approximate surface area is 268 Å². The zero-order chi connectivity index (χ0) is 34.0. The molecule has 2 aromatic carbocycles. The van der Waals surface area contributed by atoms with Crippen LogP contribution in [0.1, 0.15) is 75.0 Å². The maximum Gasteiger partial charge on any atom is 0.420 e. The Bertz CT molecular complexity index is 1570. The molecule has 0 spiro atoms. The van der Waals surface area contributed by atoms with Crippen LogP contribution < -0.4 is 10.2 Å². The Hall–Kier alpha value is -4.96. The van der Waals surface area contributed by atoms with Crippen LogP contribution >= 0.6 is 0 Å². The Morgan fingerprint density at radius 3 is 2.28 bits per heavy atom. The highest BCUT2D eigenvalue weighted by atomic mass is 16.6. The number of carbonyl (C=O) groups is 5. The smallest absolute Gasteiger partial charge is 0.420 e. The van der Waals surface area contributed by atoms with Gasteiger partial charge in [-0.25, -0.2) is 14.5 Å². The maximum atomic E-state index is 13.3. The molecule has 5 amide bonds. The van der Waals surface area contributed by atoms with Gasteiger partial charge in [-0.05, 0) is 89.1 Å². The summed E-state index contributed by atoms with van der Waals surface area (Å²) in [5.74, 6) is -0.976. The van der Waals surface area contributed by atoms with E-state index in [9.17, 15) is 29.2 Å². The van der Waals surface area contributed by atoms with Gasteiger partial charge in [-0.2, -0.15) is 5.26 Å². The molecule has 0 aliphatic carbocycles. The van der Waals surface area contributed by atoms with Gasteiger partial charge in [0.05, 0.1) is 31.2 Å². The fourth-order valence-corrected chi connectivity index (χ4v) is 4.96. The van der Waals surface area contributed by atoms with Gasteiger partial charge < -0.3 is 29.3 Å². The number of anilines is 2. The van der Waals surface area contributed by atoms with Gasteiger partial charge in [0.2, 0.25) is 5.91 Å². The van der Waals surface area contributed by atoms with Crippen molar-refractivity contribution in [1.82, 2.24) is 9.80 Å². The van der Waals surface area contributed by atoms with E-state index in [1.807, 2.05) is 12.1 Å². The summed E-state index contributed by atoms with van der Waals surface area (Å²) in [7, 11) is 1.71. The zero-order valence-corrected chi connectivity index (χ0v) is 27.1. The Kier molecular flexibility index (Phi) is 9.72. The number of imide groups is 1. The molecule has 0 bridgehead atoms. The molecule has 0 aromatic heterocycles. The molecule has 0 saturated carbocycles. The van der Waals surface area contributed by atoms with Crippen LogP contribution in [-0.4, -0.2) is 77.2 Å². The summed E-state index contributed by atoms with van der Waals surface area (Å²) >= 11 is 0. The molecule has 1 fully saturated rings. The normalized spacial score (nSPS) is 16.4. The number of hydrogen-bond acceptors (Lipinski definition) is 9. The predicted molar refractivity (Wildman–Crippen MR) is 167 cm³/mol. The van der Waals surface area contributed by atoms with E-state index < -0.39 is 35.4 Å². The standard InChI is InChI=1S/C33H39N5O8/c1-32(2,3)45-30(42)38(31(43)46-33(4,5)6)19-21-14-23(9-8-20(21)17-34)35-27(39)16-26-29(41)37(12-13-44-26)24-10-11-25-22(15-24)18-36(7)28(25)40/h8-11,14-15,26H,12-13,16,18-19H2,1-7H3,(H,35,39)/t26-/m1/s1. The summed E-state index contributed by atoms with van der Waals surface area (Å²) in [6, 6.07) is 11.7. The van der Waals surface area contributed by atoms with E-state index in [2.05, 4.69) is 5.32 Å². The first-order valence-corrected chi connectivity index (χ1v) is 14.8. The lowest BCUT2D eigenvalue weighted by atomic mass is 10.1. The van der Waals surface area contributed by atoms with E-state index >= 15 is 0 Å². The lowest BCUT2D eigenvalue weighted by Crippen LogP contribution is -2.49. The highest BCUT2D eigenvalue weighted by Crippen LogP contribution is 2.29. The summed E-state index contributed by atoms with van der Waals surface area (Å²) in [5, 5.41) is 12.4. The highest BCUT2D eigenvalue weighted by Gasteiger charge is 2.35. The molecule has 2 aromatic rings. The minimum atomic E-state index is -1.04. The van der Waals surface area contributed by atoms with Crippen molar-refractivity contribution >= 4 is 41.3 Å². The largest absolute Gasteiger partial charge is 0.443 e. The summed E-state index contributed by atoms with van der Waals surface area (Å²) in [5.41, 5.74) is 0.937. The second-order valence-electron chi connectivity index (χ2n) is 13.1. The van der Waals surface area contributed by atoms with Crippen molar-refractivity contribution in [3.8, 4) is 6.07 Å². The van der Waals surface area contributed by atoms with Gasteiger partial charge >= 0.3 is 12.2 Å². The SMILES string of the molecule is CN1Cc2cc(N3CCO[C@H](CC(=O)Nc4ccc(C#N)c(CN(C(=O)OC(C)(C)C)C(=O)OC(C)(C)C)c4)C3=O)ccc2C1=O. The highest BCUT2D eigenvalue weighted by molar-refractivity contribution is 6.03. The summed E-state index contributed by atoms with van der Waals surface area (Å²) in [4.78, 5) is 68.6. The molecular formula is C33H39N5O8. The van der Waals surface area contributed by atoms with Gasteiger partial charge in [0.15, 0.2) is 0 Å². The van der Waals surface area contributed by atoms with Crippen LogP contribution in [-0.2, 0) is 36.9 Å². The van der Waals surface area contributed by atoms with Crippen molar-refractivity contribution in [2.24, 2.45) is 0 Å². The molecule has 13 nitrogen and oxygen atoms in total. The van der Waals surface area contributed by atoms with Crippen molar-refractivity contribution in [1.29, 1.82) is 5.26 Å². The number of amides is 5. The predicted octanol–water partition coefficient (Wildman–Crippen LogP) is 4.58. The fourth-order valence-electron chi connectivity index (χ4n) is 4.96. The number of nitrogens with one attached hydrogen (secondary N) is 1. The van der Waals surface area contributed by atoms with Crippen molar-refractivity contribution in [2.75, 3.05) is 30.4 Å². The molecule has 2 aliphatic rings. The zero-order valence-electron chi connectivity index (χ0n) is 27.1. The monoisotopic (exact) mass is 633 g/mol. The number of hydrogen-bond donors (Lipinski definition) is 1. The van der Waals surface area contributed by atoms with E-state index in [-0.39, 0.29) is 48.2 Å². The van der Waals surface area contributed by atoms with Gasteiger partial charge in [-0.3, -0.25) is 14.4 Å². The molecule has 0 radical (unpaired) electrons. The number of fused-ring (bicyclic) bond motifs is 1.